The molecule has 5 rings (SSSR count). The van der Waals surface area contributed by atoms with E-state index in [0.29, 0.717) is 41.1 Å². The van der Waals surface area contributed by atoms with Crippen LogP contribution in [0.25, 0.3) is 11.3 Å². The lowest BCUT2D eigenvalue weighted by Gasteiger charge is -2.38. The quantitative estimate of drug-likeness (QED) is 0.752. The van der Waals surface area contributed by atoms with Crippen LogP contribution < -0.4 is 5.73 Å². The minimum Gasteiger partial charge on any atom is -0.383 e. The third kappa shape index (κ3) is 3.69. The predicted molar refractivity (Wildman–Crippen MR) is 115 cm³/mol. The van der Waals surface area contributed by atoms with E-state index < -0.39 is 17.6 Å². The number of nitrogens with zero attached hydrogens (tertiary/aromatic N) is 4. The van der Waals surface area contributed by atoms with Gasteiger partial charge in [0.15, 0.2) is 0 Å². The molecule has 174 valence electrons. The third-order valence-corrected chi connectivity index (χ3v) is 7.42. The van der Waals surface area contributed by atoms with Crippen LogP contribution in [0.2, 0.25) is 0 Å². The second-order valence-electron chi connectivity index (χ2n) is 9.79. The topological polar surface area (TPSA) is 69.2 Å². The Hall–Kier alpha value is -2.13. The van der Waals surface area contributed by atoms with Crippen LogP contribution in [0.15, 0.2) is 18.3 Å². The van der Waals surface area contributed by atoms with E-state index in [2.05, 4.69) is 35.8 Å². The normalized spacial score (nSPS) is 30.7. The maximum absolute atomic E-state index is 13.3. The van der Waals surface area contributed by atoms with Crippen molar-refractivity contribution in [2.75, 3.05) is 25.5 Å². The summed E-state index contributed by atoms with van der Waals surface area (Å²) < 4.78 is 47.5. The van der Waals surface area contributed by atoms with Gasteiger partial charge in [0.25, 0.3) is 0 Å². The molecule has 0 radical (unpaired) electrons. The van der Waals surface area contributed by atoms with Gasteiger partial charge in [-0.25, -0.2) is 4.98 Å². The van der Waals surface area contributed by atoms with E-state index in [0.717, 1.165) is 31.5 Å². The van der Waals surface area contributed by atoms with Crippen molar-refractivity contribution in [3.8, 4) is 11.3 Å². The molecule has 1 saturated heterocycles. The Morgan fingerprint density at radius 1 is 1.19 bits per heavy atom. The van der Waals surface area contributed by atoms with Crippen molar-refractivity contribution >= 4 is 5.82 Å². The summed E-state index contributed by atoms with van der Waals surface area (Å²) >= 11 is 0. The molecular formula is C23H30F3N5O. The number of hydrogen-bond acceptors (Lipinski definition) is 5. The average molecular weight is 450 g/mol. The lowest BCUT2D eigenvalue weighted by molar-refractivity contribution is -0.137. The molecule has 5 atom stereocenters. The van der Waals surface area contributed by atoms with Crippen LogP contribution in [0.1, 0.15) is 56.8 Å². The molecule has 2 aliphatic carbocycles. The maximum Gasteiger partial charge on any atom is 0.419 e. The molecule has 32 heavy (non-hydrogen) atoms. The van der Waals surface area contributed by atoms with E-state index in [4.69, 9.17) is 10.5 Å². The molecule has 0 unspecified atom stereocenters. The van der Waals surface area contributed by atoms with E-state index >= 15 is 0 Å². The fourth-order valence-corrected chi connectivity index (χ4v) is 5.86. The SMILES string of the molecule is CC(C)n1nc(-c2cnc(N)c(C(F)(F)F)c2)cc1[C@H]1[C@@H]2C[C@H](N3CCOC[C@@H]3C)C[C@@H]21. The molecule has 0 amide bonds. The fourth-order valence-electron chi connectivity index (χ4n) is 5.86. The standard InChI is InChI=1S/C23H30F3N5O/c1-12(2)31-20(9-19(29-31)14-6-18(23(24,25)26)22(27)28-10-14)21-16-7-15(8-17(16)21)30-4-5-32-11-13(30)3/h6,9-10,12-13,15-17,21H,4-5,7-8,11H2,1-3H3,(H2,27,28)/t13-,15-,16+,17-,21-/m0/s1. The van der Waals surface area contributed by atoms with E-state index in [-0.39, 0.29) is 6.04 Å². The van der Waals surface area contributed by atoms with Gasteiger partial charge in [0, 0.05) is 48.0 Å². The highest BCUT2D eigenvalue weighted by molar-refractivity contribution is 5.63. The number of morpholine rings is 1. The Morgan fingerprint density at radius 3 is 2.53 bits per heavy atom. The van der Waals surface area contributed by atoms with Gasteiger partial charge in [0.05, 0.1) is 24.5 Å². The lowest BCUT2D eigenvalue weighted by Crippen LogP contribution is -2.49. The highest BCUT2D eigenvalue weighted by Gasteiger charge is 2.59. The number of hydrogen-bond donors (Lipinski definition) is 1. The van der Waals surface area contributed by atoms with Gasteiger partial charge in [-0.15, -0.1) is 0 Å². The fraction of sp³-hybridized carbons (Fsp3) is 0.652. The van der Waals surface area contributed by atoms with Gasteiger partial charge in [-0.1, -0.05) is 0 Å². The van der Waals surface area contributed by atoms with Crippen LogP contribution in [0.4, 0.5) is 19.0 Å². The first-order valence-corrected chi connectivity index (χ1v) is 11.4. The van der Waals surface area contributed by atoms with Crippen molar-refractivity contribution in [3.63, 3.8) is 0 Å². The molecule has 3 heterocycles. The highest BCUT2D eigenvalue weighted by atomic mass is 19.4. The summed E-state index contributed by atoms with van der Waals surface area (Å²) in [5.41, 5.74) is 6.55. The van der Waals surface area contributed by atoms with Gasteiger partial charge in [-0.2, -0.15) is 18.3 Å². The molecule has 2 aromatic heterocycles. The molecule has 9 heteroatoms. The van der Waals surface area contributed by atoms with Crippen molar-refractivity contribution in [2.45, 2.75) is 63.8 Å². The van der Waals surface area contributed by atoms with E-state index in [9.17, 15) is 13.2 Å². The number of anilines is 1. The molecule has 3 fully saturated rings. The highest BCUT2D eigenvalue weighted by Crippen LogP contribution is 2.64. The van der Waals surface area contributed by atoms with Crippen molar-refractivity contribution in [1.29, 1.82) is 0 Å². The summed E-state index contributed by atoms with van der Waals surface area (Å²) in [6, 6.07) is 4.20. The first-order chi connectivity index (χ1) is 15.1. The number of ether oxygens (including phenoxy) is 1. The van der Waals surface area contributed by atoms with Crippen LogP contribution in [-0.4, -0.2) is 51.5 Å². The Bertz CT molecular complexity index is 992. The number of nitrogens with two attached hydrogens (primary N) is 1. The second-order valence-corrected chi connectivity index (χ2v) is 9.79. The lowest BCUT2D eigenvalue weighted by atomic mass is 10.0. The zero-order valence-corrected chi connectivity index (χ0v) is 18.6. The Balaban J connectivity index is 1.38. The Kier molecular flexibility index (Phi) is 5.24. The summed E-state index contributed by atoms with van der Waals surface area (Å²) in [7, 11) is 0. The zero-order valence-electron chi connectivity index (χ0n) is 18.6. The van der Waals surface area contributed by atoms with Gasteiger partial charge in [0.2, 0.25) is 0 Å². The van der Waals surface area contributed by atoms with Crippen LogP contribution >= 0.6 is 0 Å². The molecular weight excluding hydrogens is 419 g/mol. The molecule has 3 aliphatic rings. The summed E-state index contributed by atoms with van der Waals surface area (Å²) in [5, 5.41) is 4.68. The molecule has 0 bridgehead atoms. The van der Waals surface area contributed by atoms with Gasteiger partial charge in [0.1, 0.15) is 5.82 Å². The molecule has 2 aromatic rings. The summed E-state index contributed by atoms with van der Waals surface area (Å²) in [6.07, 6.45) is -0.833. The summed E-state index contributed by atoms with van der Waals surface area (Å²) in [6.45, 7) is 8.94. The molecule has 6 nitrogen and oxygen atoms in total. The maximum atomic E-state index is 13.3. The molecule has 2 saturated carbocycles. The van der Waals surface area contributed by atoms with Crippen molar-refractivity contribution < 1.29 is 17.9 Å². The minimum absolute atomic E-state index is 0.124. The minimum atomic E-state index is -4.55. The number of pyridine rings is 1. The number of aromatic nitrogens is 3. The number of rotatable bonds is 4. The van der Waals surface area contributed by atoms with E-state index in [1.807, 2.05) is 10.7 Å². The van der Waals surface area contributed by atoms with E-state index in [1.54, 1.807) is 0 Å². The number of nitrogen functional groups attached to an aromatic ring is 1. The smallest absolute Gasteiger partial charge is 0.383 e. The van der Waals surface area contributed by atoms with Crippen LogP contribution in [0.3, 0.4) is 0 Å². The van der Waals surface area contributed by atoms with Gasteiger partial charge in [-0.05, 0) is 57.6 Å². The molecule has 1 aliphatic heterocycles. The van der Waals surface area contributed by atoms with E-state index in [1.165, 1.54) is 19.0 Å². The van der Waals surface area contributed by atoms with Gasteiger partial charge < -0.3 is 10.5 Å². The van der Waals surface area contributed by atoms with Crippen molar-refractivity contribution in [1.82, 2.24) is 19.7 Å². The third-order valence-electron chi connectivity index (χ3n) is 7.42. The summed E-state index contributed by atoms with van der Waals surface area (Å²) in [4.78, 5) is 6.38. The van der Waals surface area contributed by atoms with Crippen LogP contribution in [0.5, 0.6) is 0 Å². The second kappa shape index (κ2) is 7.73. The number of halogens is 3. The Labute approximate surface area is 185 Å². The van der Waals surface area contributed by atoms with Crippen LogP contribution in [-0.2, 0) is 10.9 Å². The van der Waals surface area contributed by atoms with Crippen molar-refractivity contribution in [2.24, 2.45) is 11.8 Å². The number of alkyl halides is 3. The molecule has 0 aromatic carbocycles. The largest absolute Gasteiger partial charge is 0.419 e. The summed E-state index contributed by atoms with van der Waals surface area (Å²) in [5.74, 6) is 1.15. The molecule has 2 N–H and O–H groups in total. The van der Waals surface area contributed by atoms with Gasteiger partial charge in [-0.3, -0.25) is 9.58 Å². The Morgan fingerprint density at radius 2 is 1.91 bits per heavy atom. The van der Waals surface area contributed by atoms with Crippen molar-refractivity contribution in [3.05, 3.63) is 29.6 Å². The monoisotopic (exact) mass is 449 g/mol. The first kappa shape index (κ1) is 21.7. The predicted octanol–water partition coefficient (Wildman–Crippen LogP) is 4.34. The first-order valence-electron chi connectivity index (χ1n) is 11.4. The molecule has 0 spiro atoms. The van der Waals surface area contributed by atoms with Crippen LogP contribution in [0, 0.1) is 11.8 Å². The van der Waals surface area contributed by atoms with Gasteiger partial charge >= 0.3 is 6.18 Å². The number of fused-ring (bicyclic) bond motifs is 1. The zero-order chi connectivity index (χ0) is 22.8. The average Bonchev–Trinajstić information content (AvgIpc) is 3.07.